The van der Waals surface area contributed by atoms with Gasteiger partial charge in [-0.1, -0.05) is 26.0 Å². The molecule has 2 N–H and O–H groups in total. The van der Waals surface area contributed by atoms with Gasteiger partial charge in [0.15, 0.2) is 0 Å². The minimum atomic E-state index is 0.253. The number of rotatable bonds is 4. The fourth-order valence-corrected chi connectivity index (χ4v) is 2.92. The second-order valence-electron chi connectivity index (χ2n) is 5.79. The van der Waals surface area contributed by atoms with Gasteiger partial charge in [0.05, 0.1) is 0 Å². The quantitative estimate of drug-likeness (QED) is 0.876. The summed E-state index contributed by atoms with van der Waals surface area (Å²) in [6.45, 7) is 9.83. The van der Waals surface area contributed by atoms with E-state index in [1.165, 1.54) is 5.56 Å². The number of hydrogen-bond donors (Lipinski definition) is 2. The third-order valence-electron chi connectivity index (χ3n) is 4.55. The van der Waals surface area contributed by atoms with E-state index < -0.39 is 0 Å². The van der Waals surface area contributed by atoms with Crippen LogP contribution in [0.25, 0.3) is 0 Å². The number of phenolic OH excluding ortho intramolecular Hbond substituents is 1. The summed E-state index contributed by atoms with van der Waals surface area (Å²) in [5, 5.41) is 13.3. The van der Waals surface area contributed by atoms with E-state index in [2.05, 4.69) is 37.1 Å². The van der Waals surface area contributed by atoms with Gasteiger partial charge in [0.2, 0.25) is 0 Å². The molecule has 3 nitrogen and oxygen atoms in total. The van der Waals surface area contributed by atoms with E-state index >= 15 is 0 Å². The molecule has 1 aromatic carbocycles. The van der Waals surface area contributed by atoms with Crippen molar-refractivity contribution in [2.75, 3.05) is 13.1 Å². The summed E-state index contributed by atoms with van der Waals surface area (Å²) in [6, 6.07) is 8.15. The predicted molar refractivity (Wildman–Crippen MR) is 79.3 cm³/mol. The normalized spacial score (nSPS) is 23.4. The number of hydrogen-bond acceptors (Lipinski definition) is 3. The van der Waals surface area contributed by atoms with Crippen molar-refractivity contribution in [2.24, 2.45) is 0 Å². The van der Waals surface area contributed by atoms with Gasteiger partial charge >= 0.3 is 0 Å². The van der Waals surface area contributed by atoms with Gasteiger partial charge < -0.3 is 10.4 Å². The summed E-state index contributed by atoms with van der Waals surface area (Å²) in [6.07, 6.45) is 2.32. The van der Waals surface area contributed by atoms with Gasteiger partial charge in [-0.2, -0.15) is 0 Å². The minimum Gasteiger partial charge on any atom is -0.508 e. The lowest BCUT2D eigenvalue weighted by Crippen LogP contribution is -2.62. The van der Waals surface area contributed by atoms with Crippen molar-refractivity contribution in [1.82, 2.24) is 10.2 Å². The molecule has 0 spiro atoms. The monoisotopic (exact) mass is 262 g/mol. The Balaban J connectivity index is 2.09. The van der Waals surface area contributed by atoms with E-state index in [0.29, 0.717) is 11.8 Å². The SMILES string of the molecule is CCC1(CC)CN(Cc2cccc(O)c2)C(C)CN1. The average molecular weight is 262 g/mol. The number of aromatic hydroxyl groups is 1. The number of nitrogens with one attached hydrogen (secondary N) is 1. The van der Waals surface area contributed by atoms with Gasteiger partial charge in [0, 0.05) is 31.2 Å². The Morgan fingerprint density at radius 3 is 2.74 bits per heavy atom. The Morgan fingerprint density at radius 2 is 2.11 bits per heavy atom. The molecule has 106 valence electrons. The van der Waals surface area contributed by atoms with Crippen molar-refractivity contribution in [2.45, 2.75) is 51.7 Å². The van der Waals surface area contributed by atoms with Crippen molar-refractivity contribution in [3.63, 3.8) is 0 Å². The fraction of sp³-hybridized carbons (Fsp3) is 0.625. The van der Waals surface area contributed by atoms with Crippen molar-refractivity contribution in [1.29, 1.82) is 0 Å². The van der Waals surface area contributed by atoms with Crippen LogP contribution in [0.3, 0.4) is 0 Å². The Bertz CT molecular complexity index is 415. The zero-order valence-electron chi connectivity index (χ0n) is 12.3. The second kappa shape index (κ2) is 5.93. The van der Waals surface area contributed by atoms with Crippen molar-refractivity contribution < 1.29 is 5.11 Å². The van der Waals surface area contributed by atoms with Crippen LogP contribution < -0.4 is 5.32 Å². The molecular weight excluding hydrogens is 236 g/mol. The molecule has 0 radical (unpaired) electrons. The van der Waals surface area contributed by atoms with Crippen molar-refractivity contribution in [3.8, 4) is 5.75 Å². The molecule has 1 aromatic rings. The number of benzene rings is 1. The summed E-state index contributed by atoms with van der Waals surface area (Å²) in [4.78, 5) is 2.53. The first-order valence-corrected chi connectivity index (χ1v) is 7.35. The predicted octanol–water partition coefficient (Wildman–Crippen LogP) is 2.74. The Labute approximate surface area is 116 Å². The second-order valence-corrected chi connectivity index (χ2v) is 5.79. The highest BCUT2D eigenvalue weighted by molar-refractivity contribution is 5.27. The molecule has 1 unspecified atom stereocenters. The molecule has 0 aromatic heterocycles. The first-order valence-electron chi connectivity index (χ1n) is 7.35. The topological polar surface area (TPSA) is 35.5 Å². The number of piperazine rings is 1. The van der Waals surface area contributed by atoms with Crippen LogP contribution >= 0.6 is 0 Å². The van der Waals surface area contributed by atoms with Crippen LogP contribution in [-0.4, -0.2) is 34.7 Å². The first-order chi connectivity index (χ1) is 9.08. The third-order valence-corrected chi connectivity index (χ3v) is 4.55. The maximum Gasteiger partial charge on any atom is 0.115 e. The standard InChI is InChI=1S/C16H26N2O/c1-4-16(5-2)12-18(13(3)10-17-16)11-14-7-6-8-15(19)9-14/h6-9,13,17,19H,4-5,10-12H2,1-3H3. The fourth-order valence-electron chi connectivity index (χ4n) is 2.92. The molecular formula is C16H26N2O. The van der Waals surface area contributed by atoms with Crippen LogP contribution in [0.5, 0.6) is 5.75 Å². The summed E-state index contributed by atoms with van der Waals surface area (Å²) in [5.74, 6) is 0.359. The van der Waals surface area contributed by atoms with E-state index in [4.69, 9.17) is 0 Å². The highest BCUT2D eigenvalue weighted by atomic mass is 16.3. The summed E-state index contributed by atoms with van der Waals surface area (Å²) < 4.78 is 0. The van der Waals surface area contributed by atoms with Gasteiger partial charge in [0.1, 0.15) is 5.75 Å². The Morgan fingerprint density at radius 1 is 1.37 bits per heavy atom. The number of nitrogens with zero attached hydrogens (tertiary/aromatic N) is 1. The van der Waals surface area contributed by atoms with Crippen LogP contribution in [0.2, 0.25) is 0 Å². The molecule has 1 atom stereocenters. The maximum atomic E-state index is 9.57. The van der Waals surface area contributed by atoms with Crippen LogP contribution in [-0.2, 0) is 6.54 Å². The molecule has 1 aliphatic rings. The zero-order chi connectivity index (χ0) is 13.9. The van der Waals surface area contributed by atoms with Gasteiger partial charge in [-0.05, 0) is 37.5 Å². The molecule has 1 saturated heterocycles. The van der Waals surface area contributed by atoms with Gasteiger partial charge in [-0.25, -0.2) is 0 Å². The summed E-state index contributed by atoms with van der Waals surface area (Å²) >= 11 is 0. The lowest BCUT2D eigenvalue weighted by atomic mass is 9.88. The highest BCUT2D eigenvalue weighted by Crippen LogP contribution is 2.24. The smallest absolute Gasteiger partial charge is 0.115 e. The van der Waals surface area contributed by atoms with Crippen LogP contribution in [0.15, 0.2) is 24.3 Å². The maximum absolute atomic E-state index is 9.57. The van der Waals surface area contributed by atoms with Crippen molar-refractivity contribution >= 4 is 0 Å². The lowest BCUT2D eigenvalue weighted by molar-refractivity contribution is 0.0745. The molecule has 0 saturated carbocycles. The van der Waals surface area contributed by atoms with Gasteiger partial charge in [-0.15, -0.1) is 0 Å². The van der Waals surface area contributed by atoms with E-state index in [1.54, 1.807) is 6.07 Å². The minimum absolute atomic E-state index is 0.253. The van der Waals surface area contributed by atoms with E-state index in [9.17, 15) is 5.11 Å². The summed E-state index contributed by atoms with van der Waals surface area (Å²) in [7, 11) is 0. The molecule has 0 bridgehead atoms. The highest BCUT2D eigenvalue weighted by Gasteiger charge is 2.34. The average Bonchev–Trinajstić information content (AvgIpc) is 2.42. The van der Waals surface area contributed by atoms with Gasteiger partial charge in [-0.3, -0.25) is 4.90 Å². The van der Waals surface area contributed by atoms with Crippen LogP contribution in [0, 0.1) is 0 Å². The third kappa shape index (κ3) is 3.28. The van der Waals surface area contributed by atoms with Crippen LogP contribution in [0.4, 0.5) is 0 Å². The summed E-state index contributed by atoms with van der Waals surface area (Å²) in [5.41, 5.74) is 1.44. The molecule has 1 fully saturated rings. The lowest BCUT2D eigenvalue weighted by Gasteiger charge is -2.46. The molecule has 2 rings (SSSR count). The molecule has 3 heteroatoms. The largest absolute Gasteiger partial charge is 0.508 e. The Kier molecular flexibility index (Phi) is 4.48. The molecule has 0 amide bonds. The Hall–Kier alpha value is -1.06. The molecule has 19 heavy (non-hydrogen) atoms. The van der Waals surface area contributed by atoms with E-state index in [0.717, 1.165) is 32.5 Å². The first kappa shape index (κ1) is 14.4. The van der Waals surface area contributed by atoms with E-state index in [-0.39, 0.29) is 5.54 Å². The number of phenols is 1. The molecule has 0 aliphatic carbocycles. The molecule has 1 heterocycles. The zero-order valence-corrected chi connectivity index (χ0v) is 12.3. The van der Waals surface area contributed by atoms with E-state index in [1.807, 2.05) is 12.1 Å². The molecule has 1 aliphatic heterocycles. The van der Waals surface area contributed by atoms with Crippen molar-refractivity contribution in [3.05, 3.63) is 29.8 Å². The van der Waals surface area contributed by atoms with Crippen LogP contribution in [0.1, 0.15) is 39.2 Å². The van der Waals surface area contributed by atoms with Gasteiger partial charge in [0.25, 0.3) is 0 Å².